The van der Waals surface area contributed by atoms with Crippen LogP contribution in [0.4, 0.5) is 11.5 Å². The minimum Gasteiger partial charge on any atom is -0.343 e. The molecule has 0 radical (unpaired) electrons. The van der Waals surface area contributed by atoms with Crippen molar-refractivity contribution < 1.29 is 0 Å². The zero-order chi connectivity index (χ0) is 12.7. The van der Waals surface area contributed by atoms with Crippen molar-refractivity contribution >= 4 is 35.5 Å². The second-order valence-electron chi connectivity index (χ2n) is 4.23. The number of aromatic nitrogens is 2. The molecule has 1 aliphatic rings. The summed E-state index contributed by atoms with van der Waals surface area (Å²) in [7, 11) is 5.03. The Bertz CT molecular complexity index is 590. The smallest absolute Gasteiger partial charge is 0.332 e. The third-order valence-corrected chi connectivity index (χ3v) is 3.02. The Hall–Kier alpha value is -1.25. The number of anilines is 2. The minimum absolute atomic E-state index is 0. The van der Waals surface area contributed by atoms with Crippen LogP contribution in [-0.2, 0) is 14.1 Å². The van der Waals surface area contributed by atoms with Gasteiger partial charge in [0.25, 0.3) is 5.56 Å². The Balaban J connectivity index is 0.00000162. The Labute approximate surface area is 122 Å². The van der Waals surface area contributed by atoms with Crippen LogP contribution in [-0.4, -0.2) is 29.4 Å². The lowest BCUT2D eigenvalue weighted by Gasteiger charge is -2.15. The van der Waals surface area contributed by atoms with E-state index in [0.717, 1.165) is 4.57 Å². The molecular formula is C11H17IN4O2. The van der Waals surface area contributed by atoms with Gasteiger partial charge in [0.1, 0.15) is 11.5 Å². The Morgan fingerprint density at radius 1 is 1.22 bits per heavy atom. The van der Waals surface area contributed by atoms with Gasteiger partial charge in [-0.25, -0.2) is 4.79 Å². The summed E-state index contributed by atoms with van der Waals surface area (Å²) < 4.78 is 2.63. The topological polar surface area (TPSA) is 50.5 Å². The van der Waals surface area contributed by atoms with Crippen LogP contribution in [0.15, 0.2) is 22.2 Å². The minimum atomic E-state index is -0.305. The molecule has 0 bridgehead atoms. The molecule has 0 amide bonds. The molecule has 6 nitrogen and oxygen atoms in total. The van der Waals surface area contributed by atoms with Crippen LogP contribution >= 0.6 is 24.0 Å². The lowest BCUT2D eigenvalue weighted by molar-refractivity contribution is 0.689. The van der Waals surface area contributed by atoms with E-state index < -0.39 is 0 Å². The fourth-order valence-corrected chi connectivity index (χ4v) is 2.23. The first kappa shape index (κ1) is 14.8. The lowest BCUT2D eigenvalue weighted by Crippen LogP contribution is -2.39. The highest BCUT2D eigenvalue weighted by atomic mass is 127. The standard InChI is InChI=1S/C11H16N4O2.HI/c1-5-6-15-7-12(2)9-8(15)10(16)14(4)11(17)13(9)3;/h5H,1,6-7H2,2-4H3;1H. The molecule has 0 saturated heterocycles. The van der Waals surface area contributed by atoms with E-state index in [-0.39, 0.29) is 35.2 Å². The number of halogens is 1. The van der Waals surface area contributed by atoms with Gasteiger partial charge in [0.15, 0.2) is 0 Å². The zero-order valence-corrected chi connectivity index (χ0v) is 13.0. The molecular weight excluding hydrogens is 347 g/mol. The van der Waals surface area contributed by atoms with Crippen LogP contribution in [0.2, 0.25) is 0 Å². The van der Waals surface area contributed by atoms with Crippen LogP contribution in [0.25, 0.3) is 0 Å². The summed E-state index contributed by atoms with van der Waals surface area (Å²) in [6, 6.07) is 0. The van der Waals surface area contributed by atoms with Crippen LogP contribution in [0, 0.1) is 0 Å². The van der Waals surface area contributed by atoms with E-state index >= 15 is 0 Å². The van der Waals surface area contributed by atoms with E-state index in [2.05, 4.69) is 6.58 Å². The van der Waals surface area contributed by atoms with Gasteiger partial charge in [-0.05, 0) is 0 Å². The van der Waals surface area contributed by atoms with E-state index in [1.54, 1.807) is 13.1 Å². The highest BCUT2D eigenvalue weighted by molar-refractivity contribution is 14.0. The number of hydrogen-bond acceptors (Lipinski definition) is 4. The molecule has 0 atom stereocenters. The maximum absolute atomic E-state index is 12.1. The molecule has 0 N–H and O–H groups in total. The Morgan fingerprint density at radius 2 is 1.83 bits per heavy atom. The van der Waals surface area contributed by atoms with Crippen molar-refractivity contribution in [1.82, 2.24) is 9.13 Å². The van der Waals surface area contributed by atoms with Gasteiger partial charge in [-0.1, -0.05) is 6.08 Å². The first-order valence-electron chi connectivity index (χ1n) is 5.36. The molecule has 0 spiro atoms. The summed E-state index contributed by atoms with van der Waals surface area (Å²) in [5.74, 6) is 0.667. The van der Waals surface area contributed by atoms with Gasteiger partial charge in [-0.3, -0.25) is 13.9 Å². The molecule has 1 aromatic rings. The van der Waals surface area contributed by atoms with Crippen molar-refractivity contribution in [3.63, 3.8) is 0 Å². The van der Waals surface area contributed by atoms with Crippen molar-refractivity contribution in [2.75, 3.05) is 30.1 Å². The third kappa shape index (κ3) is 1.96. The number of hydrogen-bond donors (Lipinski definition) is 0. The predicted molar refractivity (Wildman–Crippen MR) is 83.2 cm³/mol. The average Bonchev–Trinajstić information content (AvgIpc) is 2.61. The predicted octanol–water partition coefficient (Wildman–Crippen LogP) is 0.102. The average molecular weight is 364 g/mol. The van der Waals surface area contributed by atoms with Crippen molar-refractivity contribution in [1.29, 1.82) is 0 Å². The van der Waals surface area contributed by atoms with Crippen molar-refractivity contribution in [3.8, 4) is 0 Å². The maximum atomic E-state index is 12.1. The highest BCUT2D eigenvalue weighted by Crippen LogP contribution is 2.29. The largest absolute Gasteiger partial charge is 0.343 e. The van der Waals surface area contributed by atoms with Gasteiger partial charge in [-0.2, -0.15) is 0 Å². The molecule has 0 aliphatic carbocycles. The van der Waals surface area contributed by atoms with Gasteiger partial charge in [0, 0.05) is 27.7 Å². The second-order valence-corrected chi connectivity index (χ2v) is 4.23. The number of nitrogens with zero attached hydrogens (tertiary/aromatic N) is 4. The fourth-order valence-electron chi connectivity index (χ4n) is 2.23. The molecule has 1 aromatic heterocycles. The van der Waals surface area contributed by atoms with Crippen LogP contribution in [0.1, 0.15) is 0 Å². The second kappa shape index (κ2) is 5.17. The molecule has 18 heavy (non-hydrogen) atoms. The van der Waals surface area contributed by atoms with Gasteiger partial charge in [0.05, 0.1) is 6.67 Å². The third-order valence-electron chi connectivity index (χ3n) is 3.02. The lowest BCUT2D eigenvalue weighted by atomic mass is 10.4. The van der Waals surface area contributed by atoms with E-state index in [0.29, 0.717) is 24.7 Å². The fraction of sp³-hybridized carbons (Fsp3) is 0.455. The van der Waals surface area contributed by atoms with Crippen LogP contribution < -0.4 is 21.0 Å². The molecule has 2 rings (SSSR count). The van der Waals surface area contributed by atoms with Crippen molar-refractivity contribution in [2.45, 2.75) is 0 Å². The summed E-state index contributed by atoms with van der Waals surface area (Å²) in [5, 5.41) is 0. The van der Waals surface area contributed by atoms with Crippen LogP contribution in [0.3, 0.4) is 0 Å². The normalized spacial score (nSPS) is 13.3. The first-order chi connectivity index (χ1) is 7.99. The van der Waals surface area contributed by atoms with E-state index in [1.807, 2.05) is 16.8 Å². The monoisotopic (exact) mass is 364 g/mol. The van der Waals surface area contributed by atoms with E-state index in [9.17, 15) is 9.59 Å². The molecule has 1 aliphatic heterocycles. The summed E-state index contributed by atoms with van der Waals surface area (Å²) in [6.07, 6.45) is 1.74. The SMILES string of the molecule is C=CCN1CN(C)c2c1c(=O)n(C)c(=O)n2C.I. The zero-order valence-electron chi connectivity index (χ0n) is 10.7. The molecule has 0 fully saturated rings. The molecule has 0 saturated carbocycles. The number of rotatable bonds is 2. The molecule has 100 valence electrons. The maximum Gasteiger partial charge on any atom is 0.332 e. The summed E-state index contributed by atoms with van der Waals surface area (Å²) in [6.45, 7) is 4.86. The summed E-state index contributed by atoms with van der Waals surface area (Å²) in [4.78, 5) is 27.7. The van der Waals surface area contributed by atoms with Gasteiger partial charge in [-0.15, -0.1) is 30.6 Å². The van der Waals surface area contributed by atoms with Crippen LogP contribution in [0.5, 0.6) is 0 Å². The summed E-state index contributed by atoms with van der Waals surface area (Å²) >= 11 is 0. The van der Waals surface area contributed by atoms with Crippen molar-refractivity contribution in [2.24, 2.45) is 14.1 Å². The molecule has 0 aromatic carbocycles. The van der Waals surface area contributed by atoms with Gasteiger partial charge < -0.3 is 9.80 Å². The molecule has 7 heteroatoms. The molecule has 2 heterocycles. The highest BCUT2D eigenvalue weighted by Gasteiger charge is 2.29. The van der Waals surface area contributed by atoms with Gasteiger partial charge in [0.2, 0.25) is 0 Å². The first-order valence-corrected chi connectivity index (χ1v) is 5.36. The number of fused-ring (bicyclic) bond motifs is 1. The summed E-state index contributed by atoms with van der Waals surface area (Å²) in [5.41, 5.74) is 0.00681. The van der Waals surface area contributed by atoms with Crippen molar-refractivity contribution in [3.05, 3.63) is 33.5 Å². The Morgan fingerprint density at radius 3 is 2.39 bits per heavy atom. The van der Waals surface area contributed by atoms with E-state index in [4.69, 9.17) is 0 Å². The quantitative estimate of drug-likeness (QED) is 0.552. The van der Waals surface area contributed by atoms with Gasteiger partial charge >= 0.3 is 5.69 Å². The molecule has 0 unspecified atom stereocenters. The Kier molecular flexibility index (Phi) is 4.25. The van der Waals surface area contributed by atoms with E-state index in [1.165, 1.54) is 11.6 Å².